The number of nitrogens with zero attached hydrogens (tertiary/aromatic N) is 2. The van der Waals surface area contributed by atoms with Gasteiger partial charge in [0, 0.05) is 17.4 Å². The molecule has 0 bridgehead atoms. The molecule has 1 aromatic carbocycles. The number of rotatable bonds is 3. The third kappa shape index (κ3) is 2.61. The van der Waals surface area contributed by atoms with E-state index in [0.29, 0.717) is 11.3 Å². The molecule has 19 heavy (non-hydrogen) atoms. The topological polar surface area (TPSA) is 107 Å². The third-order valence-corrected chi connectivity index (χ3v) is 2.49. The number of nitrogens with two attached hydrogens (primary N) is 1. The standard InChI is InChI=1S/C13H11N5O/c14-6-11-12(18-10-4-2-1-3-5-10)9(8-17-15)7-16-13(11)19/h1-5,7-8H,15H2,(H2,16,18,19). The number of nitriles is 1. The third-order valence-electron chi connectivity index (χ3n) is 2.49. The van der Waals surface area contributed by atoms with Gasteiger partial charge >= 0.3 is 0 Å². The van der Waals surface area contributed by atoms with Crippen LogP contribution in [-0.4, -0.2) is 11.2 Å². The largest absolute Gasteiger partial charge is 0.354 e. The lowest BCUT2D eigenvalue weighted by molar-refractivity contribution is 1.20. The number of aromatic nitrogens is 1. The zero-order chi connectivity index (χ0) is 13.7. The molecule has 0 aliphatic rings. The minimum Gasteiger partial charge on any atom is -0.354 e. The van der Waals surface area contributed by atoms with Crippen LogP contribution in [0.3, 0.4) is 0 Å². The van der Waals surface area contributed by atoms with Crippen molar-refractivity contribution in [1.29, 1.82) is 5.26 Å². The number of H-pyrrole nitrogens is 1. The summed E-state index contributed by atoms with van der Waals surface area (Å²) in [5.41, 5.74) is 1.20. The molecule has 2 aromatic rings. The van der Waals surface area contributed by atoms with Crippen LogP contribution in [0.2, 0.25) is 0 Å². The lowest BCUT2D eigenvalue weighted by Crippen LogP contribution is -2.14. The number of pyridine rings is 1. The quantitative estimate of drug-likeness (QED) is 0.435. The fraction of sp³-hybridized carbons (Fsp3) is 0. The first-order valence-electron chi connectivity index (χ1n) is 5.47. The van der Waals surface area contributed by atoms with Gasteiger partial charge in [0.05, 0.1) is 11.9 Å². The summed E-state index contributed by atoms with van der Waals surface area (Å²) in [4.78, 5) is 14.1. The number of hydrogen-bond donors (Lipinski definition) is 3. The van der Waals surface area contributed by atoms with Crippen molar-refractivity contribution in [2.45, 2.75) is 0 Å². The van der Waals surface area contributed by atoms with Crippen molar-refractivity contribution in [2.75, 3.05) is 5.32 Å². The highest BCUT2D eigenvalue weighted by atomic mass is 16.1. The van der Waals surface area contributed by atoms with Crippen molar-refractivity contribution >= 4 is 17.6 Å². The van der Waals surface area contributed by atoms with Crippen LogP contribution in [0.25, 0.3) is 0 Å². The first-order chi connectivity index (χ1) is 9.26. The van der Waals surface area contributed by atoms with E-state index >= 15 is 0 Å². The van der Waals surface area contributed by atoms with Gasteiger partial charge < -0.3 is 16.1 Å². The van der Waals surface area contributed by atoms with Crippen LogP contribution in [0.15, 0.2) is 46.4 Å². The number of aromatic amines is 1. The van der Waals surface area contributed by atoms with Gasteiger partial charge in [-0.2, -0.15) is 10.4 Å². The van der Waals surface area contributed by atoms with Crippen molar-refractivity contribution in [3.63, 3.8) is 0 Å². The summed E-state index contributed by atoms with van der Waals surface area (Å²) in [5, 5.41) is 15.5. The number of nitrogens with one attached hydrogen (secondary N) is 2. The van der Waals surface area contributed by atoms with Crippen molar-refractivity contribution in [1.82, 2.24) is 4.98 Å². The molecule has 0 radical (unpaired) electrons. The number of anilines is 2. The van der Waals surface area contributed by atoms with E-state index < -0.39 is 5.56 Å². The van der Waals surface area contributed by atoms with Crippen molar-refractivity contribution in [3.8, 4) is 6.07 Å². The molecule has 2 rings (SSSR count). The molecular weight excluding hydrogens is 242 g/mol. The maximum Gasteiger partial charge on any atom is 0.268 e. The smallest absolute Gasteiger partial charge is 0.268 e. The minimum absolute atomic E-state index is 0.0127. The molecule has 0 spiro atoms. The summed E-state index contributed by atoms with van der Waals surface area (Å²) in [7, 11) is 0. The Kier molecular flexibility index (Phi) is 3.59. The number of hydrazone groups is 1. The molecule has 0 unspecified atom stereocenters. The van der Waals surface area contributed by atoms with E-state index in [4.69, 9.17) is 11.1 Å². The SMILES string of the molecule is N#Cc1c(Nc2ccccc2)c(C=NN)c[nH]c1=O. The summed E-state index contributed by atoms with van der Waals surface area (Å²) >= 11 is 0. The van der Waals surface area contributed by atoms with Crippen LogP contribution < -0.4 is 16.7 Å². The lowest BCUT2D eigenvalue weighted by Gasteiger charge is -2.10. The van der Waals surface area contributed by atoms with E-state index in [-0.39, 0.29) is 5.56 Å². The maximum atomic E-state index is 11.6. The Morgan fingerprint density at radius 1 is 1.37 bits per heavy atom. The van der Waals surface area contributed by atoms with Gasteiger partial charge in [0.15, 0.2) is 0 Å². The first-order valence-corrected chi connectivity index (χ1v) is 5.47. The van der Waals surface area contributed by atoms with Crippen molar-refractivity contribution < 1.29 is 0 Å². The average Bonchev–Trinajstić information content (AvgIpc) is 2.43. The van der Waals surface area contributed by atoms with Crippen LogP contribution >= 0.6 is 0 Å². The Morgan fingerprint density at radius 3 is 2.74 bits per heavy atom. The van der Waals surface area contributed by atoms with E-state index in [1.54, 1.807) is 0 Å². The molecule has 0 aliphatic carbocycles. The van der Waals surface area contributed by atoms with Crippen LogP contribution in [0, 0.1) is 11.3 Å². The predicted molar refractivity (Wildman–Crippen MR) is 73.3 cm³/mol. The highest BCUT2D eigenvalue weighted by Crippen LogP contribution is 2.20. The Morgan fingerprint density at radius 2 is 2.11 bits per heavy atom. The van der Waals surface area contributed by atoms with Crippen molar-refractivity contribution in [3.05, 3.63) is 58.0 Å². The van der Waals surface area contributed by atoms with Gasteiger partial charge in [0.2, 0.25) is 0 Å². The molecule has 1 heterocycles. The van der Waals surface area contributed by atoms with E-state index in [1.165, 1.54) is 12.4 Å². The molecule has 6 nitrogen and oxygen atoms in total. The maximum absolute atomic E-state index is 11.6. The van der Waals surface area contributed by atoms with Gasteiger partial charge in [0.25, 0.3) is 5.56 Å². The molecule has 0 atom stereocenters. The summed E-state index contributed by atoms with van der Waals surface area (Å²) < 4.78 is 0. The van der Waals surface area contributed by atoms with Gasteiger partial charge in [-0.25, -0.2) is 0 Å². The Labute approximate surface area is 109 Å². The second kappa shape index (κ2) is 5.51. The van der Waals surface area contributed by atoms with Crippen LogP contribution in [0.5, 0.6) is 0 Å². The molecule has 1 aromatic heterocycles. The molecule has 0 fully saturated rings. The van der Waals surface area contributed by atoms with E-state index in [0.717, 1.165) is 5.69 Å². The molecule has 0 aliphatic heterocycles. The van der Waals surface area contributed by atoms with E-state index in [1.807, 2.05) is 36.4 Å². The lowest BCUT2D eigenvalue weighted by atomic mass is 10.1. The predicted octanol–water partition coefficient (Wildman–Crippen LogP) is 1.28. The van der Waals surface area contributed by atoms with Gasteiger partial charge in [0.1, 0.15) is 11.6 Å². The number of benzene rings is 1. The molecule has 4 N–H and O–H groups in total. The summed E-state index contributed by atoms with van der Waals surface area (Å²) in [6.45, 7) is 0. The second-order valence-corrected chi connectivity index (χ2v) is 3.70. The Balaban J connectivity index is 2.56. The summed E-state index contributed by atoms with van der Waals surface area (Å²) in [6.07, 6.45) is 2.81. The van der Waals surface area contributed by atoms with E-state index in [2.05, 4.69) is 15.4 Å². The van der Waals surface area contributed by atoms with Gasteiger partial charge in [-0.3, -0.25) is 4.79 Å². The van der Waals surface area contributed by atoms with Crippen LogP contribution in [0.1, 0.15) is 11.1 Å². The second-order valence-electron chi connectivity index (χ2n) is 3.70. The van der Waals surface area contributed by atoms with Gasteiger partial charge in [-0.05, 0) is 12.1 Å². The first kappa shape index (κ1) is 12.4. The molecular formula is C13H11N5O. The number of para-hydroxylation sites is 1. The summed E-state index contributed by atoms with van der Waals surface area (Å²) in [6, 6.07) is 11.1. The van der Waals surface area contributed by atoms with Crippen molar-refractivity contribution in [2.24, 2.45) is 10.9 Å². The number of hydrogen-bond acceptors (Lipinski definition) is 5. The molecule has 6 heteroatoms. The minimum atomic E-state index is -0.463. The fourth-order valence-corrected chi connectivity index (χ4v) is 1.63. The summed E-state index contributed by atoms with van der Waals surface area (Å²) in [5.74, 6) is 5.12. The Hall–Kier alpha value is -3.07. The highest BCUT2D eigenvalue weighted by Gasteiger charge is 2.11. The normalized spacial score (nSPS) is 10.3. The average molecular weight is 253 g/mol. The highest BCUT2D eigenvalue weighted by molar-refractivity contribution is 5.90. The van der Waals surface area contributed by atoms with E-state index in [9.17, 15) is 4.79 Å². The fourth-order valence-electron chi connectivity index (χ4n) is 1.63. The molecule has 0 amide bonds. The zero-order valence-corrected chi connectivity index (χ0v) is 9.92. The van der Waals surface area contributed by atoms with Crippen LogP contribution in [0.4, 0.5) is 11.4 Å². The van der Waals surface area contributed by atoms with Gasteiger partial charge in [-0.1, -0.05) is 18.2 Å². The van der Waals surface area contributed by atoms with Crippen LogP contribution in [-0.2, 0) is 0 Å². The molecule has 0 saturated carbocycles. The molecule has 94 valence electrons. The Bertz CT molecular complexity index is 697. The molecule has 0 saturated heterocycles. The zero-order valence-electron chi connectivity index (χ0n) is 9.92. The van der Waals surface area contributed by atoms with Gasteiger partial charge in [-0.15, -0.1) is 0 Å². The monoisotopic (exact) mass is 253 g/mol.